The molecule has 0 aliphatic carbocycles. The summed E-state index contributed by atoms with van der Waals surface area (Å²) in [4.78, 5) is 23.1. The van der Waals surface area contributed by atoms with Crippen LogP contribution in [0.1, 0.15) is 43.1 Å². The largest absolute Gasteiger partial charge is 0.471 e. The van der Waals surface area contributed by atoms with Crippen molar-refractivity contribution < 1.29 is 22.5 Å². The summed E-state index contributed by atoms with van der Waals surface area (Å²) in [5, 5.41) is 9.99. The van der Waals surface area contributed by atoms with Crippen LogP contribution in [0, 0.1) is 0 Å². The minimum Gasteiger partial charge on any atom is -0.355 e. The fourth-order valence-electron chi connectivity index (χ4n) is 4.05. The number of amides is 1. The Balaban J connectivity index is 1.37. The summed E-state index contributed by atoms with van der Waals surface area (Å²) < 4.78 is 41.9. The molecule has 3 aromatic rings. The Morgan fingerprint density at radius 1 is 1.23 bits per heavy atom. The van der Waals surface area contributed by atoms with Gasteiger partial charge < -0.3 is 14.7 Å². The molecule has 1 aliphatic rings. The number of thiazole rings is 1. The maximum atomic E-state index is 12.6. The zero-order chi connectivity index (χ0) is 25.1. The van der Waals surface area contributed by atoms with Gasteiger partial charge in [-0.25, -0.2) is 4.98 Å². The molecule has 2 aromatic heterocycles. The number of aromatic nitrogens is 3. The minimum atomic E-state index is -4.67. The Bertz CT molecular complexity index is 1140. The second-order valence-electron chi connectivity index (χ2n) is 8.77. The van der Waals surface area contributed by atoms with Crippen LogP contribution in [0.5, 0.6) is 0 Å². The van der Waals surface area contributed by atoms with Crippen LogP contribution in [-0.4, -0.2) is 52.6 Å². The van der Waals surface area contributed by atoms with Crippen molar-refractivity contribution in [1.29, 1.82) is 0 Å². The van der Waals surface area contributed by atoms with Gasteiger partial charge in [0.1, 0.15) is 5.01 Å². The van der Waals surface area contributed by atoms with Crippen LogP contribution in [0.3, 0.4) is 0 Å². The number of carbonyl (C=O) groups excluding carboxylic acids is 1. The summed E-state index contributed by atoms with van der Waals surface area (Å²) in [5.74, 6) is -1.60. The molecule has 0 unspecified atom stereocenters. The number of halogens is 4. The van der Waals surface area contributed by atoms with Crippen LogP contribution in [0.2, 0.25) is 5.02 Å². The Hall–Kier alpha value is -2.50. The standard InChI is InChI=1S/C23H25ClF3N5O2S/c1-32-11-9-22(10-12-32,17-13-35-20(29-17)15-5-7-16(24)8-6-15)14-28-19(33)4-2-3-18-30-21(34-31-18)23(25,26)27/h5-8,13H,2-4,9-12,14H2,1H3,(H,28,33). The van der Waals surface area contributed by atoms with Crippen LogP contribution in [0.25, 0.3) is 10.6 Å². The molecule has 0 bridgehead atoms. The number of benzene rings is 1. The van der Waals surface area contributed by atoms with E-state index in [1.54, 1.807) is 11.3 Å². The first kappa shape index (κ1) is 25.6. The van der Waals surface area contributed by atoms with Crippen molar-refractivity contribution in [3.05, 3.63) is 52.1 Å². The van der Waals surface area contributed by atoms with E-state index in [9.17, 15) is 18.0 Å². The molecule has 0 spiro atoms. The second kappa shape index (κ2) is 10.6. The number of piperidine rings is 1. The topological polar surface area (TPSA) is 84.2 Å². The van der Waals surface area contributed by atoms with Crippen molar-refractivity contribution in [3.63, 3.8) is 0 Å². The Morgan fingerprint density at radius 2 is 1.94 bits per heavy atom. The highest BCUT2D eigenvalue weighted by molar-refractivity contribution is 7.13. The van der Waals surface area contributed by atoms with E-state index in [4.69, 9.17) is 16.6 Å². The van der Waals surface area contributed by atoms with Gasteiger partial charge in [-0.15, -0.1) is 11.3 Å². The van der Waals surface area contributed by atoms with E-state index in [0.717, 1.165) is 42.2 Å². The van der Waals surface area contributed by atoms with Crippen molar-refractivity contribution in [2.75, 3.05) is 26.7 Å². The Morgan fingerprint density at radius 3 is 2.60 bits per heavy atom. The number of aryl methyl sites for hydroxylation is 1. The quantitative estimate of drug-likeness (QED) is 0.445. The zero-order valence-corrected chi connectivity index (χ0v) is 20.6. The lowest BCUT2D eigenvalue weighted by Gasteiger charge is -2.39. The smallest absolute Gasteiger partial charge is 0.355 e. The summed E-state index contributed by atoms with van der Waals surface area (Å²) in [7, 11) is 2.07. The number of hydrogen-bond donors (Lipinski definition) is 1. The van der Waals surface area contributed by atoms with Crippen LogP contribution >= 0.6 is 22.9 Å². The third kappa shape index (κ3) is 6.39. The zero-order valence-electron chi connectivity index (χ0n) is 19.1. The average molecular weight is 528 g/mol. The molecular weight excluding hydrogens is 503 g/mol. The number of hydrogen-bond acceptors (Lipinski definition) is 7. The van der Waals surface area contributed by atoms with E-state index in [-0.39, 0.29) is 30.0 Å². The molecule has 12 heteroatoms. The van der Waals surface area contributed by atoms with Crippen LogP contribution in [-0.2, 0) is 22.8 Å². The molecule has 188 valence electrons. The molecule has 0 atom stereocenters. The highest BCUT2D eigenvalue weighted by Crippen LogP contribution is 2.37. The SMILES string of the molecule is CN1CCC(CNC(=O)CCCc2noc(C(F)(F)F)n2)(c2csc(-c3ccc(Cl)cc3)n2)CC1. The normalized spacial score (nSPS) is 16.4. The molecule has 1 aliphatic heterocycles. The number of likely N-dealkylation sites (tertiary alicyclic amines) is 1. The van der Waals surface area contributed by atoms with Gasteiger partial charge in [-0.05, 0) is 51.5 Å². The highest BCUT2D eigenvalue weighted by Gasteiger charge is 2.39. The van der Waals surface area contributed by atoms with Crippen LogP contribution < -0.4 is 5.32 Å². The molecule has 0 radical (unpaired) electrons. The van der Waals surface area contributed by atoms with E-state index >= 15 is 0 Å². The molecule has 3 heterocycles. The van der Waals surface area contributed by atoms with Crippen molar-refractivity contribution in [2.45, 2.75) is 43.7 Å². The summed E-state index contributed by atoms with van der Waals surface area (Å²) in [6.45, 7) is 2.23. The predicted octanol–water partition coefficient (Wildman–Crippen LogP) is 4.97. The van der Waals surface area contributed by atoms with Crippen molar-refractivity contribution >= 4 is 28.8 Å². The molecule has 1 N–H and O–H groups in total. The molecule has 1 saturated heterocycles. The Labute approximate surface area is 209 Å². The van der Waals surface area contributed by atoms with E-state index in [2.05, 4.69) is 37.3 Å². The predicted molar refractivity (Wildman–Crippen MR) is 126 cm³/mol. The molecule has 7 nitrogen and oxygen atoms in total. The average Bonchev–Trinajstić information content (AvgIpc) is 3.50. The van der Waals surface area contributed by atoms with Crippen molar-refractivity contribution in [1.82, 2.24) is 25.3 Å². The lowest BCUT2D eigenvalue weighted by atomic mass is 9.76. The molecule has 35 heavy (non-hydrogen) atoms. The first-order valence-corrected chi connectivity index (χ1v) is 12.5. The van der Waals surface area contributed by atoms with E-state index in [0.29, 0.717) is 18.0 Å². The van der Waals surface area contributed by atoms with E-state index < -0.39 is 12.1 Å². The molecule has 1 amide bonds. The fourth-order valence-corrected chi connectivity index (χ4v) is 5.12. The number of nitrogens with zero attached hydrogens (tertiary/aromatic N) is 4. The van der Waals surface area contributed by atoms with Gasteiger partial charge in [0.05, 0.1) is 5.69 Å². The number of carbonyl (C=O) groups is 1. The number of rotatable bonds is 8. The molecular formula is C23H25ClF3N5O2S. The molecule has 0 saturated carbocycles. The maximum Gasteiger partial charge on any atom is 0.471 e. The highest BCUT2D eigenvalue weighted by atomic mass is 35.5. The third-order valence-corrected chi connectivity index (χ3v) is 7.36. The first-order valence-electron chi connectivity index (χ1n) is 11.2. The molecule has 1 aromatic carbocycles. The van der Waals surface area contributed by atoms with Gasteiger partial charge in [0.2, 0.25) is 5.91 Å². The van der Waals surface area contributed by atoms with Gasteiger partial charge in [-0.2, -0.15) is 18.2 Å². The summed E-state index contributed by atoms with van der Waals surface area (Å²) in [6.07, 6.45) is -2.37. The van der Waals surface area contributed by atoms with Crippen LogP contribution in [0.4, 0.5) is 13.2 Å². The Kier molecular flexibility index (Phi) is 7.77. The summed E-state index contributed by atoms with van der Waals surface area (Å²) >= 11 is 7.57. The van der Waals surface area contributed by atoms with Crippen molar-refractivity contribution in [2.24, 2.45) is 0 Å². The van der Waals surface area contributed by atoms with Gasteiger partial charge >= 0.3 is 12.1 Å². The number of nitrogens with one attached hydrogen (secondary N) is 1. The van der Waals surface area contributed by atoms with Gasteiger partial charge in [0.15, 0.2) is 5.82 Å². The van der Waals surface area contributed by atoms with Crippen LogP contribution in [0.15, 0.2) is 34.2 Å². The monoisotopic (exact) mass is 527 g/mol. The van der Waals surface area contributed by atoms with E-state index in [1.807, 2.05) is 24.3 Å². The van der Waals surface area contributed by atoms with E-state index in [1.165, 1.54) is 0 Å². The van der Waals surface area contributed by atoms with Crippen molar-refractivity contribution in [3.8, 4) is 10.6 Å². The summed E-state index contributed by atoms with van der Waals surface area (Å²) in [6, 6.07) is 7.55. The number of alkyl halides is 3. The lowest BCUT2D eigenvalue weighted by molar-refractivity contribution is -0.159. The minimum absolute atomic E-state index is 0.0610. The maximum absolute atomic E-state index is 12.6. The first-order chi connectivity index (χ1) is 16.6. The van der Waals surface area contributed by atoms with Gasteiger partial charge in [-0.3, -0.25) is 4.79 Å². The lowest BCUT2D eigenvalue weighted by Crippen LogP contribution is -2.48. The fraction of sp³-hybridized carbons (Fsp3) is 0.478. The summed E-state index contributed by atoms with van der Waals surface area (Å²) in [5.41, 5.74) is 1.68. The molecule has 1 fully saturated rings. The van der Waals surface area contributed by atoms with Gasteiger partial charge in [0, 0.05) is 40.8 Å². The second-order valence-corrected chi connectivity index (χ2v) is 10.1. The van der Waals surface area contributed by atoms with Gasteiger partial charge in [-0.1, -0.05) is 28.9 Å². The van der Waals surface area contributed by atoms with Gasteiger partial charge in [0.25, 0.3) is 0 Å². The molecule has 4 rings (SSSR count). The third-order valence-electron chi connectivity index (χ3n) is 6.22.